The molecule has 0 aliphatic carbocycles. The molecule has 0 bridgehead atoms. The SMILES string of the molecule is CCOc1ccc(-n2c(Cc3ccccc3)nnc2SCC(=O)N2CCCC2=O)cc1. The van der Waals surface area contributed by atoms with E-state index in [0.29, 0.717) is 31.1 Å². The van der Waals surface area contributed by atoms with Crippen molar-refractivity contribution in [3.05, 3.63) is 66.0 Å². The van der Waals surface area contributed by atoms with Crippen LogP contribution < -0.4 is 4.74 Å². The fraction of sp³-hybridized carbons (Fsp3) is 0.304. The summed E-state index contributed by atoms with van der Waals surface area (Å²) in [6.07, 6.45) is 1.79. The predicted octanol–water partition coefficient (Wildman–Crippen LogP) is 3.50. The van der Waals surface area contributed by atoms with Gasteiger partial charge in [0.05, 0.1) is 12.4 Å². The molecule has 1 aromatic heterocycles. The Labute approximate surface area is 185 Å². The van der Waals surface area contributed by atoms with Crippen molar-refractivity contribution in [1.29, 1.82) is 0 Å². The molecule has 31 heavy (non-hydrogen) atoms. The highest BCUT2D eigenvalue weighted by atomic mass is 32.2. The number of benzene rings is 2. The first kappa shape index (κ1) is 21.1. The van der Waals surface area contributed by atoms with Gasteiger partial charge in [-0.15, -0.1) is 10.2 Å². The second-order valence-corrected chi connectivity index (χ2v) is 8.10. The van der Waals surface area contributed by atoms with E-state index in [-0.39, 0.29) is 17.6 Å². The van der Waals surface area contributed by atoms with E-state index in [1.807, 2.05) is 66.1 Å². The lowest BCUT2D eigenvalue weighted by molar-refractivity contribution is -0.140. The van der Waals surface area contributed by atoms with E-state index in [1.165, 1.54) is 16.7 Å². The Balaban J connectivity index is 1.59. The van der Waals surface area contributed by atoms with Crippen LogP contribution in [0, 0.1) is 0 Å². The highest BCUT2D eigenvalue weighted by molar-refractivity contribution is 7.99. The monoisotopic (exact) mass is 436 g/mol. The third-order valence-corrected chi connectivity index (χ3v) is 5.92. The number of rotatable bonds is 8. The largest absolute Gasteiger partial charge is 0.494 e. The number of nitrogens with zero attached hydrogens (tertiary/aromatic N) is 4. The predicted molar refractivity (Wildman–Crippen MR) is 118 cm³/mol. The molecule has 1 saturated heterocycles. The van der Waals surface area contributed by atoms with Gasteiger partial charge in [-0.2, -0.15) is 0 Å². The molecule has 0 N–H and O–H groups in total. The first-order valence-corrected chi connectivity index (χ1v) is 11.3. The zero-order valence-electron chi connectivity index (χ0n) is 17.4. The van der Waals surface area contributed by atoms with E-state index in [4.69, 9.17) is 4.74 Å². The van der Waals surface area contributed by atoms with Crippen molar-refractivity contribution in [2.45, 2.75) is 31.3 Å². The van der Waals surface area contributed by atoms with Gasteiger partial charge in [-0.25, -0.2) is 0 Å². The summed E-state index contributed by atoms with van der Waals surface area (Å²) in [5, 5.41) is 9.38. The molecule has 1 aliphatic rings. The molecular weight excluding hydrogens is 412 g/mol. The molecular formula is C23H24N4O3S. The number of hydrogen-bond acceptors (Lipinski definition) is 6. The summed E-state index contributed by atoms with van der Waals surface area (Å²) in [5.74, 6) is 1.44. The number of likely N-dealkylation sites (tertiary alicyclic amines) is 1. The Kier molecular flexibility index (Phi) is 6.66. The molecule has 8 heteroatoms. The van der Waals surface area contributed by atoms with E-state index in [9.17, 15) is 9.59 Å². The highest BCUT2D eigenvalue weighted by Gasteiger charge is 2.27. The minimum atomic E-state index is -0.182. The van der Waals surface area contributed by atoms with Crippen LogP contribution in [-0.2, 0) is 16.0 Å². The number of aromatic nitrogens is 3. The second kappa shape index (κ2) is 9.78. The summed E-state index contributed by atoms with van der Waals surface area (Å²) < 4.78 is 7.52. The molecule has 0 atom stereocenters. The standard InChI is InChI=1S/C23H24N4O3S/c1-2-30-19-12-10-18(11-13-19)27-20(15-17-7-4-3-5-8-17)24-25-23(27)31-16-22(29)26-14-6-9-21(26)28/h3-5,7-8,10-13H,2,6,9,14-16H2,1H3. The molecule has 4 rings (SSSR count). The van der Waals surface area contributed by atoms with Gasteiger partial charge in [-0.1, -0.05) is 42.1 Å². The molecule has 0 radical (unpaired) electrons. The number of amides is 2. The van der Waals surface area contributed by atoms with E-state index in [2.05, 4.69) is 10.2 Å². The number of thioether (sulfide) groups is 1. The van der Waals surface area contributed by atoms with Crippen LogP contribution in [0.5, 0.6) is 5.75 Å². The molecule has 1 fully saturated rings. The first-order valence-electron chi connectivity index (χ1n) is 10.3. The van der Waals surface area contributed by atoms with Crippen LogP contribution in [0.15, 0.2) is 59.8 Å². The molecule has 1 aliphatic heterocycles. The van der Waals surface area contributed by atoms with Crippen molar-refractivity contribution < 1.29 is 14.3 Å². The number of hydrogen-bond donors (Lipinski definition) is 0. The summed E-state index contributed by atoms with van der Waals surface area (Å²) >= 11 is 1.30. The maximum Gasteiger partial charge on any atom is 0.239 e. The van der Waals surface area contributed by atoms with E-state index in [1.54, 1.807) is 0 Å². The summed E-state index contributed by atoms with van der Waals surface area (Å²) in [6, 6.07) is 17.8. The Morgan fingerprint density at radius 3 is 2.55 bits per heavy atom. The molecule has 3 aromatic rings. The van der Waals surface area contributed by atoms with Crippen LogP contribution in [-0.4, -0.2) is 50.4 Å². The van der Waals surface area contributed by atoms with Crippen molar-refractivity contribution in [3.63, 3.8) is 0 Å². The summed E-state index contributed by atoms with van der Waals surface area (Å²) in [7, 11) is 0. The van der Waals surface area contributed by atoms with Crippen LogP contribution in [0.4, 0.5) is 0 Å². The van der Waals surface area contributed by atoms with Crippen LogP contribution in [0.3, 0.4) is 0 Å². The van der Waals surface area contributed by atoms with Crippen molar-refractivity contribution in [1.82, 2.24) is 19.7 Å². The summed E-state index contributed by atoms with van der Waals surface area (Å²) in [5.41, 5.74) is 2.02. The van der Waals surface area contributed by atoms with E-state index < -0.39 is 0 Å². The zero-order chi connectivity index (χ0) is 21.6. The minimum absolute atomic E-state index is 0.0941. The summed E-state index contributed by atoms with van der Waals surface area (Å²) in [4.78, 5) is 25.7. The molecule has 0 spiro atoms. The third-order valence-electron chi connectivity index (χ3n) is 5.01. The smallest absolute Gasteiger partial charge is 0.239 e. The Bertz CT molecular complexity index is 1050. The van der Waals surface area contributed by atoms with Gasteiger partial charge in [0.2, 0.25) is 11.8 Å². The van der Waals surface area contributed by atoms with E-state index in [0.717, 1.165) is 29.2 Å². The van der Waals surface area contributed by atoms with Gasteiger partial charge in [0.25, 0.3) is 0 Å². The van der Waals surface area contributed by atoms with Crippen molar-refractivity contribution in [2.24, 2.45) is 0 Å². The van der Waals surface area contributed by atoms with Gasteiger partial charge >= 0.3 is 0 Å². The number of ether oxygens (including phenoxy) is 1. The number of carbonyl (C=O) groups is 2. The van der Waals surface area contributed by atoms with Gasteiger partial charge in [0.15, 0.2) is 5.16 Å². The Morgan fingerprint density at radius 2 is 1.87 bits per heavy atom. The Hall–Kier alpha value is -3.13. The van der Waals surface area contributed by atoms with Crippen LogP contribution >= 0.6 is 11.8 Å². The highest BCUT2D eigenvalue weighted by Crippen LogP contribution is 2.26. The van der Waals surface area contributed by atoms with Gasteiger partial charge in [0.1, 0.15) is 11.6 Å². The average Bonchev–Trinajstić information content (AvgIpc) is 3.40. The molecule has 160 valence electrons. The normalized spacial score (nSPS) is 13.6. The van der Waals surface area contributed by atoms with E-state index >= 15 is 0 Å². The lowest BCUT2D eigenvalue weighted by atomic mass is 10.1. The van der Waals surface area contributed by atoms with Crippen LogP contribution in [0.2, 0.25) is 0 Å². The molecule has 2 aromatic carbocycles. The molecule has 0 saturated carbocycles. The lowest BCUT2D eigenvalue weighted by Crippen LogP contribution is -2.33. The van der Waals surface area contributed by atoms with Gasteiger partial charge in [-0.05, 0) is 43.2 Å². The van der Waals surface area contributed by atoms with Gasteiger partial charge in [-0.3, -0.25) is 19.1 Å². The topological polar surface area (TPSA) is 77.3 Å². The average molecular weight is 437 g/mol. The lowest BCUT2D eigenvalue weighted by Gasteiger charge is -2.14. The maximum absolute atomic E-state index is 12.5. The second-order valence-electron chi connectivity index (χ2n) is 7.15. The van der Waals surface area contributed by atoms with Crippen LogP contribution in [0.25, 0.3) is 5.69 Å². The molecule has 2 amide bonds. The minimum Gasteiger partial charge on any atom is -0.494 e. The maximum atomic E-state index is 12.5. The quantitative estimate of drug-likeness (QED) is 0.503. The number of carbonyl (C=O) groups excluding carboxylic acids is 2. The van der Waals surface area contributed by atoms with Crippen molar-refractivity contribution in [3.8, 4) is 11.4 Å². The first-order chi connectivity index (χ1) is 15.2. The van der Waals surface area contributed by atoms with Crippen molar-refractivity contribution in [2.75, 3.05) is 18.9 Å². The van der Waals surface area contributed by atoms with Crippen LogP contribution in [0.1, 0.15) is 31.2 Å². The fourth-order valence-corrected chi connectivity index (χ4v) is 4.37. The summed E-state index contributed by atoms with van der Waals surface area (Å²) in [6.45, 7) is 3.05. The van der Waals surface area contributed by atoms with Gasteiger partial charge in [0, 0.05) is 25.1 Å². The molecule has 2 heterocycles. The molecule has 0 unspecified atom stereocenters. The van der Waals surface area contributed by atoms with Crippen molar-refractivity contribution >= 4 is 23.6 Å². The zero-order valence-corrected chi connectivity index (χ0v) is 18.2. The Morgan fingerprint density at radius 1 is 1.10 bits per heavy atom. The van der Waals surface area contributed by atoms with Gasteiger partial charge < -0.3 is 4.74 Å². The third kappa shape index (κ3) is 4.96. The molecule has 7 nitrogen and oxygen atoms in total. The number of imide groups is 1. The fourth-order valence-electron chi connectivity index (χ4n) is 3.52.